The SMILES string of the molecule is COc1c(F)cccc1Nc1c(-c2ccncc2C#C[C@@]2(C)CC(F)(F)CN2C(=O)/C=C/CN(C)C)[nH]c2c1C(=O)NCC2. The molecule has 4 heterocycles. The number of para-hydroxylation sites is 1. The number of aromatic nitrogens is 2. The molecular formula is C32H33F3N6O3. The molecule has 2 aliphatic rings. The number of halogens is 3. The molecule has 44 heavy (non-hydrogen) atoms. The molecule has 1 fully saturated rings. The largest absolute Gasteiger partial charge is 0.492 e. The third-order valence-electron chi connectivity index (χ3n) is 7.54. The Morgan fingerprint density at radius 2 is 2.09 bits per heavy atom. The van der Waals surface area contributed by atoms with Gasteiger partial charge in [-0.3, -0.25) is 14.6 Å². The van der Waals surface area contributed by atoms with Crippen molar-refractivity contribution in [1.29, 1.82) is 0 Å². The van der Waals surface area contributed by atoms with Gasteiger partial charge in [0.1, 0.15) is 5.54 Å². The van der Waals surface area contributed by atoms with Crippen molar-refractivity contribution in [3.63, 3.8) is 0 Å². The number of carbonyl (C=O) groups is 2. The number of anilines is 2. The van der Waals surface area contributed by atoms with E-state index >= 15 is 0 Å². The van der Waals surface area contributed by atoms with Gasteiger partial charge in [0.05, 0.1) is 41.9 Å². The molecule has 3 N–H and O–H groups in total. The zero-order valence-electron chi connectivity index (χ0n) is 24.9. The second-order valence-electron chi connectivity index (χ2n) is 11.2. The maximum Gasteiger partial charge on any atom is 0.268 e. The summed E-state index contributed by atoms with van der Waals surface area (Å²) in [5.41, 5.74) is 1.63. The average Bonchev–Trinajstić information content (AvgIpc) is 3.46. The standard InChI is InChI=1S/C32H33F3N6O3/c1-31(18-32(34,35)19-41(31)25(42)9-6-16-40(2)3)13-10-20-17-36-14-11-21(20)27-28(26-23(38-27)12-15-37-30(26)43)39-24-8-5-7-22(33)29(24)44-4/h5-9,11,14,17,38-39H,12,15-16,18-19H2,1-4H3,(H,37,43)/b9-6+/t31-/m0/s1. The Kier molecular flexibility index (Phi) is 8.43. The number of H-pyrrole nitrogens is 1. The van der Waals surface area contributed by atoms with E-state index in [1.54, 1.807) is 24.4 Å². The van der Waals surface area contributed by atoms with E-state index in [1.165, 1.54) is 38.4 Å². The molecule has 3 aromatic rings. The highest BCUT2D eigenvalue weighted by atomic mass is 19.3. The molecule has 0 aliphatic carbocycles. The van der Waals surface area contributed by atoms with E-state index in [4.69, 9.17) is 4.74 Å². The van der Waals surface area contributed by atoms with Crippen LogP contribution in [0.5, 0.6) is 5.75 Å². The van der Waals surface area contributed by atoms with Crippen LogP contribution in [-0.4, -0.2) is 83.9 Å². The molecule has 12 heteroatoms. The van der Waals surface area contributed by atoms with Crippen molar-refractivity contribution >= 4 is 23.2 Å². The van der Waals surface area contributed by atoms with E-state index < -0.39 is 36.2 Å². The first kappa shape index (κ1) is 30.7. The highest BCUT2D eigenvalue weighted by molar-refractivity contribution is 6.06. The summed E-state index contributed by atoms with van der Waals surface area (Å²) in [6.45, 7) is 1.69. The number of amides is 2. The summed E-state index contributed by atoms with van der Waals surface area (Å²) in [6.07, 6.45) is 5.85. The van der Waals surface area contributed by atoms with Crippen LogP contribution in [-0.2, 0) is 11.2 Å². The van der Waals surface area contributed by atoms with Gasteiger partial charge in [-0.1, -0.05) is 24.0 Å². The van der Waals surface area contributed by atoms with E-state index in [-0.39, 0.29) is 11.7 Å². The lowest BCUT2D eigenvalue weighted by Gasteiger charge is -2.28. The molecule has 1 aromatic carbocycles. The molecular weight excluding hydrogens is 573 g/mol. The van der Waals surface area contributed by atoms with Gasteiger partial charge in [0.2, 0.25) is 5.91 Å². The highest BCUT2D eigenvalue weighted by Gasteiger charge is 2.53. The predicted molar refractivity (Wildman–Crippen MR) is 161 cm³/mol. The van der Waals surface area contributed by atoms with Crippen LogP contribution in [0.3, 0.4) is 0 Å². The molecule has 9 nitrogen and oxygen atoms in total. The normalized spacial score (nSPS) is 19.0. The van der Waals surface area contributed by atoms with Crippen molar-refractivity contribution in [3.05, 3.63) is 71.4 Å². The van der Waals surface area contributed by atoms with Gasteiger partial charge >= 0.3 is 0 Å². The topological polar surface area (TPSA) is 103 Å². The summed E-state index contributed by atoms with van der Waals surface area (Å²) < 4.78 is 49.2. The van der Waals surface area contributed by atoms with Crippen molar-refractivity contribution < 1.29 is 27.5 Å². The number of nitrogens with zero attached hydrogens (tertiary/aromatic N) is 3. The summed E-state index contributed by atoms with van der Waals surface area (Å²) in [6, 6.07) is 6.09. The maximum atomic E-state index is 14.7. The zero-order chi connectivity index (χ0) is 31.6. The summed E-state index contributed by atoms with van der Waals surface area (Å²) >= 11 is 0. The Morgan fingerprint density at radius 1 is 1.30 bits per heavy atom. The number of rotatable bonds is 7. The van der Waals surface area contributed by atoms with Crippen LogP contribution in [0.25, 0.3) is 11.3 Å². The molecule has 5 rings (SSSR count). The molecule has 1 atom stereocenters. The second kappa shape index (κ2) is 12.1. The fraction of sp³-hybridized carbons (Fsp3) is 0.344. The Balaban J connectivity index is 1.58. The van der Waals surface area contributed by atoms with Gasteiger partial charge in [-0.15, -0.1) is 0 Å². The number of likely N-dealkylation sites (tertiary alicyclic amines) is 1. The Hall–Kier alpha value is -4.76. The first-order valence-electron chi connectivity index (χ1n) is 14.0. The minimum absolute atomic E-state index is 0.0289. The molecule has 2 amide bonds. The molecule has 0 saturated carbocycles. The molecule has 0 unspecified atom stereocenters. The quantitative estimate of drug-likeness (QED) is 0.273. The van der Waals surface area contributed by atoms with Crippen molar-refractivity contribution in [2.45, 2.75) is 31.2 Å². The average molecular weight is 607 g/mol. The van der Waals surface area contributed by atoms with Gasteiger partial charge < -0.3 is 30.2 Å². The minimum atomic E-state index is -3.11. The molecule has 230 valence electrons. The van der Waals surface area contributed by atoms with Crippen LogP contribution < -0.4 is 15.4 Å². The van der Waals surface area contributed by atoms with E-state index in [0.717, 1.165) is 4.90 Å². The predicted octanol–water partition coefficient (Wildman–Crippen LogP) is 4.35. The van der Waals surface area contributed by atoms with E-state index in [9.17, 15) is 22.8 Å². The molecule has 2 aliphatic heterocycles. The first-order chi connectivity index (χ1) is 20.9. The van der Waals surface area contributed by atoms with Gasteiger partial charge in [0.25, 0.3) is 11.8 Å². The van der Waals surface area contributed by atoms with Crippen molar-refractivity contribution in [3.8, 4) is 28.8 Å². The van der Waals surface area contributed by atoms with Gasteiger partial charge in [-0.05, 0) is 39.2 Å². The van der Waals surface area contributed by atoms with Crippen LogP contribution >= 0.6 is 0 Å². The van der Waals surface area contributed by atoms with Crippen molar-refractivity contribution in [2.75, 3.05) is 46.2 Å². The van der Waals surface area contributed by atoms with Crippen LogP contribution in [0.4, 0.5) is 24.5 Å². The van der Waals surface area contributed by atoms with Gasteiger partial charge in [-0.25, -0.2) is 13.2 Å². The Labute approximate surface area is 253 Å². The summed E-state index contributed by atoms with van der Waals surface area (Å²) in [5.74, 6) is 1.36. The van der Waals surface area contributed by atoms with Gasteiger partial charge in [0.15, 0.2) is 11.6 Å². The van der Waals surface area contributed by atoms with E-state index in [0.29, 0.717) is 59.0 Å². The van der Waals surface area contributed by atoms with Crippen LogP contribution in [0.2, 0.25) is 0 Å². The lowest BCUT2D eigenvalue weighted by atomic mass is 9.96. The van der Waals surface area contributed by atoms with E-state index in [1.807, 2.05) is 19.0 Å². The number of carbonyl (C=O) groups excluding carboxylic acids is 2. The number of fused-ring (bicyclic) bond motifs is 1. The number of hydrogen-bond donors (Lipinski definition) is 3. The summed E-state index contributed by atoms with van der Waals surface area (Å²) in [5, 5.41) is 6.01. The molecule has 2 aromatic heterocycles. The minimum Gasteiger partial charge on any atom is -0.492 e. The number of ether oxygens (including phenoxy) is 1. The number of hydrogen-bond acceptors (Lipinski definition) is 6. The number of methoxy groups -OCH3 is 1. The summed E-state index contributed by atoms with van der Waals surface area (Å²) in [4.78, 5) is 36.5. The number of aromatic amines is 1. The van der Waals surface area contributed by atoms with Crippen LogP contribution in [0.15, 0.2) is 48.8 Å². The van der Waals surface area contributed by atoms with Crippen LogP contribution in [0.1, 0.15) is 35.0 Å². The Morgan fingerprint density at radius 3 is 2.84 bits per heavy atom. The highest BCUT2D eigenvalue weighted by Crippen LogP contribution is 2.41. The fourth-order valence-electron chi connectivity index (χ4n) is 5.52. The van der Waals surface area contributed by atoms with Crippen LogP contribution in [0, 0.1) is 17.7 Å². The monoisotopic (exact) mass is 606 g/mol. The lowest BCUT2D eigenvalue weighted by Crippen LogP contribution is -2.43. The van der Waals surface area contributed by atoms with E-state index in [2.05, 4.69) is 32.4 Å². The molecule has 0 radical (unpaired) electrons. The third kappa shape index (κ3) is 6.14. The third-order valence-corrected chi connectivity index (χ3v) is 7.54. The second-order valence-corrected chi connectivity index (χ2v) is 11.2. The van der Waals surface area contributed by atoms with Crippen molar-refractivity contribution in [2.24, 2.45) is 0 Å². The Bertz CT molecular complexity index is 1690. The number of pyridine rings is 1. The number of benzene rings is 1. The van der Waals surface area contributed by atoms with Crippen molar-refractivity contribution in [1.82, 2.24) is 25.1 Å². The van der Waals surface area contributed by atoms with Gasteiger partial charge in [0, 0.05) is 55.7 Å². The molecule has 1 saturated heterocycles. The lowest BCUT2D eigenvalue weighted by molar-refractivity contribution is -0.129. The summed E-state index contributed by atoms with van der Waals surface area (Å²) in [7, 11) is 5.02. The first-order valence-corrected chi connectivity index (χ1v) is 14.0. The number of likely N-dealkylation sites (N-methyl/N-ethyl adjacent to an activating group) is 1. The zero-order valence-corrected chi connectivity index (χ0v) is 24.9. The fourth-order valence-corrected chi connectivity index (χ4v) is 5.52. The number of nitrogens with one attached hydrogen (secondary N) is 3. The van der Waals surface area contributed by atoms with Gasteiger partial charge in [-0.2, -0.15) is 0 Å². The maximum absolute atomic E-state index is 14.7. The molecule has 0 bridgehead atoms. The molecule has 0 spiro atoms. The number of alkyl halides is 2. The smallest absolute Gasteiger partial charge is 0.268 e.